The van der Waals surface area contributed by atoms with Gasteiger partial charge in [-0.15, -0.1) is 0 Å². The minimum absolute atomic E-state index is 0.0490. The van der Waals surface area contributed by atoms with Crippen LogP contribution < -0.4 is 4.74 Å². The van der Waals surface area contributed by atoms with Crippen molar-refractivity contribution >= 4 is 5.97 Å². The van der Waals surface area contributed by atoms with Crippen molar-refractivity contribution in [3.63, 3.8) is 0 Å². The maximum Gasteiger partial charge on any atom is 0.308 e. The van der Waals surface area contributed by atoms with Crippen LogP contribution in [-0.2, 0) is 14.3 Å². The van der Waals surface area contributed by atoms with Crippen molar-refractivity contribution in [1.82, 2.24) is 0 Å². The Kier molecular flexibility index (Phi) is 9.04. The third-order valence-corrected chi connectivity index (χ3v) is 7.58. The summed E-state index contributed by atoms with van der Waals surface area (Å²) in [5.74, 6) is 1.35. The number of rotatable bonds is 10. The average molecular weight is 485 g/mol. The lowest BCUT2D eigenvalue weighted by Crippen LogP contribution is -2.43. The van der Waals surface area contributed by atoms with Gasteiger partial charge < -0.3 is 24.4 Å². The van der Waals surface area contributed by atoms with Gasteiger partial charge in [0.25, 0.3) is 0 Å². The highest BCUT2D eigenvalue weighted by Gasteiger charge is 2.41. The molecule has 35 heavy (non-hydrogen) atoms. The van der Waals surface area contributed by atoms with Crippen LogP contribution in [-0.4, -0.2) is 53.3 Å². The van der Waals surface area contributed by atoms with E-state index in [0.29, 0.717) is 31.3 Å². The number of fused-ring (bicyclic) bond motifs is 1. The van der Waals surface area contributed by atoms with E-state index in [9.17, 15) is 15.0 Å². The smallest absolute Gasteiger partial charge is 0.308 e. The SMILES string of the molecule is CCC[C@@H](COC1CC(O)C=C2C=CC(C)C(CC[C@@H]3C[C@@H](O)CC(=O)O3)C21)Oc1ccccc1. The van der Waals surface area contributed by atoms with Crippen molar-refractivity contribution in [3.8, 4) is 5.75 Å². The van der Waals surface area contributed by atoms with Gasteiger partial charge in [-0.25, -0.2) is 0 Å². The molecule has 0 amide bonds. The summed E-state index contributed by atoms with van der Waals surface area (Å²) in [5, 5.41) is 20.5. The number of allylic oxidation sites excluding steroid dienone is 2. The largest absolute Gasteiger partial charge is 0.488 e. The van der Waals surface area contributed by atoms with Gasteiger partial charge in [0.2, 0.25) is 0 Å². The van der Waals surface area contributed by atoms with Gasteiger partial charge in [0.15, 0.2) is 0 Å². The predicted octanol–water partition coefficient (Wildman–Crippen LogP) is 4.60. The van der Waals surface area contributed by atoms with Crippen molar-refractivity contribution in [2.75, 3.05) is 6.61 Å². The molecule has 4 rings (SSSR count). The van der Waals surface area contributed by atoms with Gasteiger partial charge in [0, 0.05) is 18.8 Å². The number of hydrogen-bond acceptors (Lipinski definition) is 6. The molecular weight excluding hydrogens is 444 g/mol. The molecule has 1 fully saturated rings. The van der Waals surface area contributed by atoms with Crippen LogP contribution >= 0.6 is 0 Å². The number of aliphatic hydroxyl groups is 2. The number of benzene rings is 1. The van der Waals surface area contributed by atoms with E-state index < -0.39 is 12.2 Å². The second-order valence-corrected chi connectivity index (χ2v) is 10.4. The van der Waals surface area contributed by atoms with Crippen LogP contribution in [0.4, 0.5) is 0 Å². The molecule has 3 aliphatic rings. The van der Waals surface area contributed by atoms with Crippen LogP contribution in [0.3, 0.4) is 0 Å². The fourth-order valence-electron chi connectivity index (χ4n) is 5.87. The Morgan fingerprint density at radius 2 is 1.94 bits per heavy atom. The van der Waals surface area contributed by atoms with E-state index in [1.807, 2.05) is 36.4 Å². The topological polar surface area (TPSA) is 85.2 Å². The first-order valence-electron chi connectivity index (χ1n) is 13.2. The molecule has 6 heteroatoms. The molecule has 0 saturated carbocycles. The second kappa shape index (κ2) is 12.2. The molecule has 2 aliphatic carbocycles. The summed E-state index contributed by atoms with van der Waals surface area (Å²) in [6.45, 7) is 4.84. The van der Waals surface area contributed by atoms with Gasteiger partial charge in [-0.05, 0) is 48.8 Å². The Labute approximate surface area is 209 Å². The summed E-state index contributed by atoms with van der Waals surface area (Å²) in [7, 11) is 0. The number of esters is 1. The Hall–Kier alpha value is -2.15. The van der Waals surface area contributed by atoms with Gasteiger partial charge in [-0.2, -0.15) is 0 Å². The van der Waals surface area contributed by atoms with Crippen LogP contribution in [0, 0.1) is 17.8 Å². The van der Waals surface area contributed by atoms with E-state index in [1.54, 1.807) is 0 Å². The zero-order chi connectivity index (χ0) is 24.8. The van der Waals surface area contributed by atoms with E-state index in [-0.39, 0.29) is 36.6 Å². The lowest BCUT2D eigenvalue weighted by atomic mass is 9.66. The van der Waals surface area contributed by atoms with Crippen molar-refractivity contribution in [2.24, 2.45) is 17.8 Å². The van der Waals surface area contributed by atoms with Crippen molar-refractivity contribution in [1.29, 1.82) is 0 Å². The standard InChI is InChI=1S/C29H40O6/c1-3-7-25(34-23-8-5-4-6-9-23)18-33-27-16-21(30)14-20-11-10-19(2)26(29(20)27)13-12-24-15-22(31)17-28(32)35-24/h4-6,8-11,14,19,21-22,24-27,29-31H,3,7,12-13,15-18H2,1-2H3/t19?,21?,22-,24-,25+,26?,27?,29?/m1/s1. The molecule has 1 aromatic carbocycles. The van der Waals surface area contributed by atoms with Crippen LogP contribution in [0.5, 0.6) is 5.75 Å². The molecule has 5 unspecified atom stereocenters. The van der Waals surface area contributed by atoms with Gasteiger partial charge >= 0.3 is 5.97 Å². The zero-order valence-electron chi connectivity index (χ0n) is 20.9. The molecule has 0 bridgehead atoms. The van der Waals surface area contributed by atoms with Crippen molar-refractivity contribution in [3.05, 3.63) is 54.1 Å². The number of ether oxygens (including phenoxy) is 3. The summed E-state index contributed by atoms with van der Waals surface area (Å²) in [4.78, 5) is 11.8. The highest BCUT2D eigenvalue weighted by molar-refractivity contribution is 5.70. The first kappa shape index (κ1) is 25.9. The van der Waals surface area contributed by atoms with E-state index >= 15 is 0 Å². The summed E-state index contributed by atoms with van der Waals surface area (Å²) in [6, 6.07) is 9.84. The van der Waals surface area contributed by atoms with Crippen LogP contribution in [0.25, 0.3) is 0 Å². The Morgan fingerprint density at radius 3 is 2.69 bits per heavy atom. The fourth-order valence-corrected chi connectivity index (χ4v) is 5.87. The first-order valence-corrected chi connectivity index (χ1v) is 13.2. The fraction of sp³-hybridized carbons (Fsp3) is 0.621. The number of carbonyl (C=O) groups is 1. The molecule has 1 saturated heterocycles. The number of carbonyl (C=O) groups excluding carboxylic acids is 1. The molecule has 8 atom stereocenters. The Morgan fingerprint density at radius 1 is 1.14 bits per heavy atom. The van der Waals surface area contributed by atoms with Crippen LogP contribution in [0.2, 0.25) is 0 Å². The summed E-state index contributed by atoms with van der Waals surface area (Å²) < 4.78 is 18.3. The maximum absolute atomic E-state index is 11.8. The first-order chi connectivity index (χ1) is 16.9. The monoisotopic (exact) mass is 484 g/mol. The van der Waals surface area contributed by atoms with Crippen LogP contribution in [0.1, 0.15) is 58.8 Å². The molecule has 0 radical (unpaired) electrons. The van der Waals surface area contributed by atoms with E-state index in [4.69, 9.17) is 14.2 Å². The van der Waals surface area contributed by atoms with Gasteiger partial charge in [0.05, 0.1) is 31.3 Å². The molecule has 0 aromatic heterocycles. The number of cyclic esters (lactones) is 1. The minimum Gasteiger partial charge on any atom is -0.488 e. The highest BCUT2D eigenvalue weighted by atomic mass is 16.5. The lowest BCUT2D eigenvalue weighted by molar-refractivity contribution is -0.160. The number of hydrogen-bond donors (Lipinski definition) is 2. The molecule has 0 spiro atoms. The lowest BCUT2D eigenvalue weighted by Gasteiger charge is -2.43. The zero-order valence-corrected chi connectivity index (χ0v) is 20.9. The maximum atomic E-state index is 11.8. The molecule has 192 valence electrons. The second-order valence-electron chi connectivity index (χ2n) is 10.4. The summed E-state index contributed by atoms with van der Waals surface area (Å²) in [6.07, 6.45) is 9.42. The Balaban J connectivity index is 1.43. The van der Waals surface area contributed by atoms with E-state index in [1.165, 1.54) is 0 Å². The quantitative estimate of drug-likeness (QED) is 0.473. The summed E-state index contributed by atoms with van der Waals surface area (Å²) >= 11 is 0. The third kappa shape index (κ3) is 6.96. The molecular formula is C29H40O6. The third-order valence-electron chi connectivity index (χ3n) is 7.58. The highest BCUT2D eigenvalue weighted by Crippen LogP contribution is 2.44. The van der Waals surface area contributed by atoms with Crippen LogP contribution in [0.15, 0.2) is 54.1 Å². The molecule has 1 aromatic rings. The molecule has 6 nitrogen and oxygen atoms in total. The van der Waals surface area contributed by atoms with Crippen molar-refractivity contribution < 1.29 is 29.2 Å². The van der Waals surface area contributed by atoms with Gasteiger partial charge in [-0.3, -0.25) is 4.79 Å². The minimum atomic E-state index is -0.610. The Bertz CT molecular complexity index is 880. The predicted molar refractivity (Wildman–Crippen MR) is 134 cm³/mol. The molecule has 1 aliphatic heterocycles. The van der Waals surface area contributed by atoms with Gasteiger partial charge in [-0.1, -0.05) is 56.7 Å². The summed E-state index contributed by atoms with van der Waals surface area (Å²) in [5.41, 5.74) is 1.13. The van der Waals surface area contributed by atoms with E-state index in [0.717, 1.165) is 37.0 Å². The normalized spacial score (nSPS) is 33.4. The van der Waals surface area contributed by atoms with E-state index in [2.05, 4.69) is 26.0 Å². The molecule has 2 N–H and O–H groups in total. The van der Waals surface area contributed by atoms with Crippen molar-refractivity contribution in [2.45, 2.75) is 89.3 Å². The molecule has 1 heterocycles. The number of aliphatic hydroxyl groups excluding tert-OH is 2. The number of para-hydroxylation sites is 1. The van der Waals surface area contributed by atoms with Gasteiger partial charge in [0.1, 0.15) is 18.0 Å². The average Bonchev–Trinajstić information content (AvgIpc) is 2.82.